The van der Waals surface area contributed by atoms with Crippen LogP contribution in [0.2, 0.25) is 10.0 Å². The van der Waals surface area contributed by atoms with Gasteiger partial charge in [0, 0.05) is 17.5 Å². The third-order valence-corrected chi connectivity index (χ3v) is 3.56. The summed E-state index contributed by atoms with van der Waals surface area (Å²) < 4.78 is 0. The van der Waals surface area contributed by atoms with Crippen molar-refractivity contribution >= 4 is 23.2 Å². The molecule has 1 N–H and O–H groups in total. The van der Waals surface area contributed by atoms with Gasteiger partial charge in [-0.3, -0.25) is 4.79 Å². The number of aromatic nitrogens is 2. The number of benzene rings is 1. The molecule has 0 amide bonds. The second kappa shape index (κ2) is 5.12. The Balaban J connectivity index is 2.74. The molecule has 0 spiro atoms. The lowest BCUT2D eigenvalue weighted by molar-refractivity contribution is 0.912. The molecule has 1 aromatic heterocycles. The maximum atomic E-state index is 11.8. The van der Waals surface area contributed by atoms with E-state index in [9.17, 15) is 4.79 Å². The topological polar surface area (TPSA) is 45.8 Å². The highest BCUT2D eigenvalue weighted by atomic mass is 35.5. The van der Waals surface area contributed by atoms with Crippen molar-refractivity contribution in [1.29, 1.82) is 0 Å². The molecule has 2 rings (SSSR count). The SMILES string of the molecule is CCc1nc(-c2cccc(Cl)c2Cl)c(C)c(=O)[nH]1. The van der Waals surface area contributed by atoms with Gasteiger partial charge in [-0.1, -0.05) is 42.3 Å². The van der Waals surface area contributed by atoms with E-state index in [-0.39, 0.29) is 5.56 Å². The molecule has 0 saturated carbocycles. The Morgan fingerprint density at radius 3 is 2.72 bits per heavy atom. The molecule has 94 valence electrons. The van der Waals surface area contributed by atoms with Gasteiger partial charge < -0.3 is 4.98 Å². The first-order valence-corrected chi connectivity index (χ1v) is 6.34. The predicted molar refractivity (Wildman–Crippen MR) is 74.4 cm³/mol. The van der Waals surface area contributed by atoms with Crippen molar-refractivity contribution < 1.29 is 0 Å². The largest absolute Gasteiger partial charge is 0.310 e. The van der Waals surface area contributed by atoms with E-state index in [4.69, 9.17) is 23.2 Å². The highest BCUT2D eigenvalue weighted by Crippen LogP contribution is 2.33. The number of H-pyrrole nitrogens is 1. The first kappa shape index (κ1) is 13.1. The van der Waals surface area contributed by atoms with E-state index in [0.717, 1.165) is 0 Å². The molecular formula is C13H12Cl2N2O. The van der Waals surface area contributed by atoms with E-state index in [1.807, 2.05) is 13.0 Å². The number of aryl methyl sites for hydroxylation is 1. The standard InChI is InChI=1S/C13H12Cl2N2O/c1-3-10-16-12(7(2)13(18)17-10)8-5-4-6-9(14)11(8)15/h4-6H,3H2,1-2H3,(H,16,17,18). The third kappa shape index (κ3) is 2.28. The summed E-state index contributed by atoms with van der Waals surface area (Å²) in [5.74, 6) is 0.636. The summed E-state index contributed by atoms with van der Waals surface area (Å²) in [7, 11) is 0. The number of nitrogens with zero attached hydrogens (tertiary/aromatic N) is 1. The smallest absolute Gasteiger partial charge is 0.254 e. The van der Waals surface area contributed by atoms with Crippen LogP contribution in [0, 0.1) is 6.92 Å². The van der Waals surface area contributed by atoms with Crippen molar-refractivity contribution in [3.63, 3.8) is 0 Å². The highest BCUT2D eigenvalue weighted by molar-refractivity contribution is 6.43. The second-order valence-electron chi connectivity index (χ2n) is 3.94. The zero-order valence-electron chi connectivity index (χ0n) is 10.1. The molecular weight excluding hydrogens is 271 g/mol. The van der Waals surface area contributed by atoms with E-state index in [1.54, 1.807) is 19.1 Å². The Morgan fingerprint density at radius 2 is 2.06 bits per heavy atom. The van der Waals surface area contributed by atoms with Crippen LogP contribution < -0.4 is 5.56 Å². The van der Waals surface area contributed by atoms with Gasteiger partial charge in [0.25, 0.3) is 5.56 Å². The van der Waals surface area contributed by atoms with Crippen LogP contribution >= 0.6 is 23.2 Å². The molecule has 0 aliphatic rings. The molecule has 0 radical (unpaired) electrons. The first-order valence-electron chi connectivity index (χ1n) is 5.58. The van der Waals surface area contributed by atoms with Gasteiger partial charge >= 0.3 is 0 Å². The lowest BCUT2D eigenvalue weighted by Crippen LogP contribution is -2.15. The number of aromatic amines is 1. The van der Waals surface area contributed by atoms with Crippen LogP contribution in [0.15, 0.2) is 23.0 Å². The van der Waals surface area contributed by atoms with E-state index >= 15 is 0 Å². The average molecular weight is 283 g/mol. The summed E-state index contributed by atoms with van der Waals surface area (Å²) in [4.78, 5) is 19.0. The third-order valence-electron chi connectivity index (χ3n) is 2.74. The fraction of sp³-hybridized carbons (Fsp3) is 0.231. The Morgan fingerprint density at radius 1 is 1.33 bits per heavy atom. The van der Waals surface area contributed by atoms with E-state index < -0.39 is 0 Å². The lowest BCUT2D eigenvalue weighted by atomic mass is 10.1. The lowest BCUT2D eigenvalue weighted by Gasteiger charge is -2.09. The van der Waals surface area contributed by atoms with E-state index in [1.165, 1.54) is 0 Å². The van der Waals surface area contributed by atoms with Crippen LogP contribution in [-0.4, -0.2) is 9.97 Å². The van der Waals surface area contributed by atoms with Crippen LogP contribution in [0.3, 0.4) is 0 Å². The summed E-state index contributed by atoms with van der Waals surface area (Å²) in [6.45, 7) is 3.65. The summed E-state index contributed by atoms with van der Waals surface area (Å²) in [6.07, 6.45) is 0.653. The Bertz CT molecular complexity index is 650. The van der Waals surface area contributed by atoms with E-state index in [2.05, 4.69) is 9.97 Å². The average Bonchev–Trinajstić information content (AvgIpc) is 2.36. The molecule has 0 bridgehead atoms. The fourth-order valence-corrected chi connectivity index (χ4v) is 2.09. The quantitative estimate of drug-likeness (QED) is 0.915. The molecule has 0 aliphatic carbocycles. The van der Waals surface area contributed by atoms with Crippen molar-refractivity contribution in [2.75, 3.05) is 0 Å². The van der Waals surface area contributed by atoms with Gasteiger partial charge in [-0.15, -0.1) is 0 Å². The van der Waals surface area contributed by atoms with Gasteiger partial charge in [-0.25, -0.2) is 4.98 Å². The molecule has 1 heterocycles. The molecule has 0 aliphatic heterocycles. The van der Waals surface area contributed by atoms with Gasteiger partial charge in [0.2, 0.25) is 0 Å². The van der Waals surface area contributed by atoms with Gasteiger partial charge in [-0.05, 0) is 13.0 Å². The molecule has 0 fully saturated rings. The molecule has 0 unspecified atom stereocenters. The molecule has 3 nitrogen and oxygen atoms in total. The van der Waals surface area contributed by atoms with Crippen molar-refractivity contribution in [1.82, 2.24) is 9.97 Å². The minimum Gasteiger partial charge on any atom is -0.310 e. The second-order valence-corrected chi connectivity index (χ2v) is 4.73. The molecule has 5 heteroatoms. The number of halogens is 2. The van der Waals surface area contributed by atoms with Crippen molar-refractivity contribution in [2.24, 2.45) is 0 Å². The predicted octanol–water partition coefficient (Wildman–Crippen LogP) is 3.61. The van der Waals surface area contributed by atoms with Crippen molar-refractivity contribution in [2.45, 2.75) is 20.3 Å². The Hall–Kier alpha value is -1.32. The molecule has 18 heavy (non-hydrogen) atoms. The van der Waals surface area contributed by atoms with Crippen LogP contribution in [0.25, 0.3) is 11.3 Å². The minimum atomic E-state index is -0.145. The Kier molecular flexibility index (Phi) is 3.73. The number of hydrogen-bond acceptors (Lipinski definition) is 2. The van der Waals surface area contributed by atoms with Crippen LogP contribution in [0.5, 0.6) is 0 Å². The monoisotopic (exact) mass is 282 g/mol. The zero-order chi connectivity index (χ0) is 13.3. The van der Waals surface area contributed by atoms with Crippen LogP contribution in [0.4, 0.5) is 0 Å². The minimum absolute atomic E-state index is 0.145. The fourth-order valence-electron chi connectivity index (χ4n) is 1.70. The summed E-state index contributed by atoms with van der Waals surface area (Å²) in [5.41, 5.74) is 1.66. The molecule has 2 aromatic rings. The number of nitrogens with one attached hydrogen (secondary N) is 1. The van der Waals surface area contributed by atoms with Gasteiger partial charge in [0.1, 0.15) is 5.82 Å². The molecule has 0 saturated heterocycles. The maximum absolute atomic E-state index is 11.8. The summed E-state index contributed by atoms with van der Waals surface area (Å²) in [5, 5.41) is 0.871. The molecule has 0 atom stereocenters. The summed E-state index contributed by atoms with van der Waals surface area (Å²) in [6, 6.07) is 5.30. The van der Waals surface area contributed by atoms with Crippen LogP contribution in [0.1, 0.15) is 18.3 Å². The Labute approximate surface area is 115 Å². The van der Waals surface area contributed by atoms with Crippen molar-refractivity contribution in [3.8, 4) is 11.3 Å². The van der Waals surface area contributed by atoms with Gasteiger partial charge in [0.15, 0.2) is 0 Å². The van der Waals surface area contributed by atoms with Gasteiger partial charge in [-0.2, -0.15) is 0 Å². The van der Waals surface area contributed by atoms with E-state index in [0.29, 0.717) is 39.1 Å². The number of rotatable bonds is 2. The summed E-state index contributed by atoms with van der Waals surface area (Å²) >= 11 is 12.1. The first-order chi connectivity index (χ1) is 8.54. The van der Waals surface area contributed by atoms with Crippen molar-refractivity contribution in [3.05, 3.63) is 50.0 Å². The zero-order valence-corrected chi connectivity index (χ0v) is 11.6. The van der Waals surface area contributed by atoms with Gasteiger partial charge in [0.05, 0.1) is 15.7 Å². The normalized spacial score (nSPS) is 10.7. The molecule has 1 aromatic carbocycles. The number of hydrogen-bond donors (Lipinski definition) is 1. The van der Waals surface area contributed by atoms with Crippen LogP contribution in [-0.2, 0) is 6.42 Å². The highest BCUT2D eigenvalue weighted by Gasteiger charge is 2.13. The maximum Gasteiger partial charge on any atom is 0.254 e.